The smallest absolute Gasteiger partial charge is 0.306 e. The first-order chi connectivity index (χ1) is 36.5. The first-order valence-electron chi connectivity index (χ1n) is 33.3. The predicted octanol–water partition coefficient (Wildman–Crippen LogP) is 22.6. The van der Waals surface area contributed by atoms with Crippen LogP contribution in [0.5, 0.6) is 0 Å². The van der Waals surface area contributed by atoms with E-state index in [1.807, 2.05) is 0 Å². The summed E-state index contributed by atoms with van der Waals surface area (Å²) in [6.45, 7) is 6.64. The summed E-state index contributed by atoms with van der Waals surface area (Å²) in [7, 11) is 0. The normalized spacial score (nSPS) is 12.1. The van der Waals surface area contributed by atoms with Crippen molar-refractivity contribution < 1.29 is 28.6 Å². The van der Waals surface area contributed by atoms with E-state index in [9.17, 15) is 14.4 Å². The molecule has 0 heterocycles. The second-order valence-corrected chi connectivity index (χ2v) is 22.7. The van der Waals surface area contributed by atoms with E-state index in [2.05, 4.69) is 45.1 Å². The molecular weight excluding hydrogens is 913 g/mol. The molecule has 0 amide bonds. The SMILES string of the molecule is CCCCCCC/C=C\C/C=C\CCCCCCCCCCCCCCCCCCCCCC(=O)OCC(COC(=O)CCCCCCCC)OC(=O)CCCCCCCCCCCCCCCCCCCCC. The third kappa shape index (κ3) is 60.8. The van der Waals surface area contributed by atoms with Gasteiger partial charge >= 0.3 is 17.9 Å². The summed E-state index contributed by atoms with van der Waals surface area (Å²) in [4.78, 5) is 38.0. The molecule has 0 aromatic rings. The van der Waals surface area contributed by atoms with Crippen LogP contribution >= 0.6 is 0 Å². The highest BCUT2D eigenvalue weighted by Gasteiger charge is 2.19. The van der Waals surface area contributed by atoms with E-state index in [0.29, 0.717) is 19.3 Å². The molecule has 0 aromatic heterocycles. The molecule has 1 unspecified atom stereocenters. The van der Waals surface area contributed by atoms with E-state index < -0.39 is 6.10 Å². The Balaban J connectivity index is 3.95. The molecule has 0 aliphatic carbocycles. The van der Waals surface area contributed by atoms with Crippen LogP contribution in [0.15, 0.2) is 24.3 Å². The summed E-state index contributed by atoms with van der Waals surface area (Å²) in [6.07, 6.45) is 76.7. The number of rotatable bonds is 62. The average molecular weight is 1040 g/mol. The van der Waals surface area contributed by atoms with Crippen molar-refractivity contribution in [1.82, 2.24) is 0 Å². The Morgan fingerprint density at radius 1 is 0.270 bits per heavy atom. The lowest BCUT2D eigenvalue weighted by Gasteiger charge is -2.18. The number of hydrogen-bond acceptors (Lipinski definition) is 6. The number of unbranched alkanes of at least 4 members (excludes halogenated alkanes) is 47. The number of allylic oxidation sites excluding steroid dienone is 4. The Bertz CT molecular complexity index is 1190. The second-order valence-electron chi connectivity index (χ2n) is 22.7. The Hall–Kier alpha value is -2.11. The summed E-state index contributed by atoms with van der Waals surface area (Å²) in [5.74, 6) is -0.848. The maximum Gasteiger partial charge on any atom is 0.306 e. The Labute approximate surface area is 462 Å². The van der Waals surface area contributed by atoms with Crippen LogP contribution in [0.2, 0.25) is 0 Å². The van der Waals surface area contributed by atoms with Gasteiger partial charge in [0.05, 0.1) is 0 Å². The first-order valence-corrected chi connectivity index (χ1v) is 33.3. The Morgan fingerprint density at radius 3 is 0.743 bits per heavy atom. The van der Waals surface area contributed by atoms with Crippen LogP contribution in [-0.2, 0) is 28.6 Å². The van der Waals surface area contributed by atoms with Crippen LogP contribution in [0.1, 0.15) is 374 Å². The zero-order valence-electron chi connectivity index (χ0n) is 50.1. The fourth-order valence-electron chi connectivity index (χ4n) is 10.2. The summed E-state index contributed by atoms with van der Waals surface area (Å²) in [6, 6.07) is 0. The highest BCUT2D eigenvalue weighted by atomic mass is 16.6. The van der Waals surface area contributed by atoms with Crippen LogP contribution < -0.4 is 0 Å². The van der Waals surface area contributed by atoms with Crippen molar-refractivity contribution in [3.05, 3.63) is 24.3 Å². The molecule has 0 saturated carbocycles. The molecule has 0 N–H and O–H groups in total. The molecule has 0 aromatic carbocycles. The molecule has 0 rings (SSSR count). The maximum absolute atomic E-state index is 12.8. The van der Waals surface area contributed by atoms with E-state index in [4.69, 9.17) is 14.2 Å². The third-order valence-electron chi connectivity index (χ3n) is 15.2. The van der Waals surface area contributed by atoms with E-state index in [1.54, 1.807) is 0 Å². The number of hydrogen-bond donors (Lipinski definition) is 0. The number of esters is 3. The number of ether oxygens (including phenoxy) is 3. The van der Waals surface area contributed by atoms with Gasteiger partial charge in [0.2, 0.25) is 0 Å². The van der Waals surface area contributed by atoms with Crippen molar-refractivity contribution in [2.75, 3.05) is 13.2 Å². The van der Waals surface area contributed by atoms with Crippen molar-refractivity contribution in [3.63, 3.8) is 0 Å². The Morgan fingerprint density at radius 2 is 0.486 bits per heavy atom. The minimum atomic E-state index is -0.763. The Kier molecular flexibility index (Phi) is 61.6. The fraction of sp³-hybridized carbons (Fsp3) is 0.897. The minimum Gasteiger partial charge on any atom is -0.462 e. The molecule has 0 aliphatic heterocycles. The van der Waals surface area contributed by atoms with Crippen LogP contribution in [0.25, 0.3) is 0 Å². The molecule has 6 nitrogen and oxygen atoms in total. The molecule has 0 saturated heterocycles. The van der Waals surface area contributed by atoms with Gasteiger partial charge in [-0.1, -0.05) is 328 Å². The number of carbonyl (C=O) groups excluding carboxylic acids is 3. The van der Waals surface area contributed by atoms with Gasteiger partial charge in [-0.15, -0.1) is 0 Å². The molecule has 1 atom stereocenters. The quantitative estimate of drug-likeness (QED) is 0.0261. The molecular formula is C68H128O6. The van der Waals surface area contributed by atoms with Gasteiger partial charge < -0.3 is 14.2 Å². The van der Waals surface area contributed by atoms with Gasteiger partial charge in [-0.2, -0.15) is 0 Å². The van der Waals surface area contributed by atoms with E-state index in [1.165, 1.54) is 270 Å². The van der Waals surface area contributed by atoms with Gasteiger partial charge in [-0.05, 0) is 51.4 Å². The molecule has 0 aliphatic rings. The lowest BCUT2D eigenvalue weighted by atomic mass is 10.0. The van der Waals surface area contributed by atoms with Gasteiger partial charge in [-0.25, -0.2) is 0 Å². The lowest BCUT2D eigenvalue weighted by molar-refractivity contribution is -0.167. The van der Waals surface area contributed by atoms with Crippen molar-refractivity contribution in [1.29, 1.82) is 0 Å². The molecule has 0 bridgehead atoms. The van der Waals surface area contributed by atoms with Gasteiger partial charge in [0, 0.05) is 19.3 Å². The van der Waals surface area contributed by atoms with Crippen molar-refractivity contribution >= 4 is 17.9 Å². The van der Waals surface area contributed by atoms with Gasteiger partial charge in [-0.3, -0.25) is 14.4 Å². The molecule has 0 fully saturated rings. The van der Waals surface area contributed by atoms with Crippen LogP contribution in [-0.4, -0.2) is 37.2 Å². The summed E-state index contributed by atoms with van der Waals surface area (Å²) in [5, 5.41) is 0. The monoisotopic (exact) mass is 1040 g/mol. The molecule has 0 radical (unpaired) electrons. The van der Waals surface area contributed by atoms with Gasteiger partial charge in [0.1, 0.15) is 13.2 Å². The second kappa shape index (κ2) is 63.4. The molecule has 74 heavy (non-hydrogen) atoms. The third-order valence-corrected chi connectivity index (χ3v) is 15.2. The number of carbonyl (C=O) groups is 3. The van der Waals surface area contributed by atoms with Crippen molar-refractivity contribution in [2.45, 2.75) is 380 Å². The van der Waals surface area contributed by atoms with Crippen LogP contribution in [0, 0.1) is 0 Å². The van der Waals surface area contributed by atoms with Crippen molar-refractivity contribution in [2.24, 2.45) is 0 Å². The average Bonchev–Trinajstić information content (AvgIpc) is 3.40. The van der Waals surface area contributed by atoms with Crippen LogP contribution in [0.3, 0.4) is 0 Å². The van der Waals surface area contributed by atoms with E-state index >= 15 is 0 Å². The summed E-state index contributed by atoms with van der Waals surface area (Å²) < 4.78 is 16.8. The highest BCUT2D eigenvalue weighted by Crippen LogP contribution is 2.18. The molecule has 0 spiro atoms. The molecule has 6 heteroatoms. The maximum atomic E-state index is 12.8. The summed E-state index contributed by atoms with van der Waals surface area (Å²) in [5.41, 5.74) is 0. The minimum absolute atomic E-state index is 0.0646. The standard InChI is InChI=1S/C68H128O6/c1-4-7-10-13-16-18-20-22-24-26-28-29-30-31-32-33-34-35-36-37-38-39-41-42-44-46-48-50-52-55-58-61-67(70)73-64-65(63-72-66(69)60-57-54-15-12-9-6-3)74-68(71)62-59-56-53-51-49-47-45-43-40-27-25-23-21-19-17-14-11-8-5-2/h20,22,26,28,65H,4-19,21,23-25,27,29-64H2,1-3H3/b22-20-,28-26-. The zero-order valence-corrected chi connectivity index (χ0v) is 50.1. The van der Waals surface area contributed by atoms with Crippen molar-refractivity contribution in [3.8, 4) is 0 Å². The zero-order chi connectivity index (χ0) is 53.6. The fourth-order valence-corrected chi connectivity index (χ4v) is 10.2. The lowest BCUT2D eigenvalue weighted by Crippen LogP contribution is -2.30. The highest BCUT2D eigenvalue weighted by molar-refractivity contribution is 5.71. The van der Waals surface area contributed by atoms with Crippen LogP contribution in [0.4, 0.5) is 0 Å². The topological polar surface area (TPSA) is 78.9 Å². The molecule has 436 valence electrons. The summed E-state index contributed by atoms with van der Waals surface area (Å²) >= 11 is 0. The first kappa shape index (κ1) is 71.9. The predicted molar refractivity (Wildman–Crippen MR) is 321 cm³/mol. The largest absolute Gasteiger partial charge is 0.462 e. The van der Waals surface area contributed by atoms with Gasteiger partial charge in [0.25, 0.3) is 0 Å². The van der Waals surface area contributed by atoms with Gasteiger partial charge in [0.15, 0.2) is 6.10 Å². The van der Waals surface area contributed by atoms with E-state index in [-0.39, 0.29) is 31.1 Å². The van der Waals surface area contributed by atoms with E-state index in [0.717, 1.165) is 64.2 Å².